The molecule has 0 aliphatic rings. The second-order valence-corrected chi connectivity index (χ2v) is 4.16. The van der Waals surface area contributed by atoms with Crippen LogP contribution in [0.5, 0.6) is 0 Å². The molecule has 0 aromatic rings. The van der Waals surface area contributed by atoms with Crippen molar-refractivity contribution in [1.29, 1.82) is 0 Å². The van der Waals surface area contributed by atoms with Crippen LogP contribution in [-0.2, 0) is 14.4 Å². The lowest BCUT2D eigenvalue weighted by Gasteiger charge is -2.17. The van der Waals surface area contributed by atoms with E-state index in [1.165, 1.54) is 0 Å². The van der Waals surface area contributed by atoms with Gasteiger partial charge in [-0.25, -0.2) is 0 Å². The predicted molar refractivity (Wildman–Crippen MR) is 59.2 cm³/mol. The number of nitrogens with one attached hydrogen (secondary N) is 1. The zero-order valence-electron chi connectivity index (χ0n) is 9.60. The second kappa shape index (κ2) is 6.95. The minimum absolute atomic E-state index is 0.223. The fourth-order valence-corrected chi connectivity index (χ4v) is 1.26. The molecule has 5 N–H and O–H groups in total. The Bertz CT molecular complexity index is 266. The van der Waals surface area contributed by atoms with Gasteiger partial charge in [-0.3, -0.25) is 9.59 Å². The van der Waals surface area contributed by atoms with Crippen molar-refractivity contribution in [3.63, 3.8) is 0 Å². The summed E-state index contributed by atoms with van der Waals surface area (Å²) in [7, 11) is 0. The van der Waals surface area contributed by atoms with Crippen LogP contribution in [0.3, 0.4) is 0 Å². The third-order valence-corrected chi connectivity index (χ3v) is 1.98. The van der Waals surface area contributed by atoms with Gasteiger partial charge < -0.3 is 21.6 Å². The van der Waals surface area contributed by atoms with Crippen LogP contribution in [0.15, 0.2) is 0 Å². The first-order chi connectivity index (χ1) is 7.36. The first-order valence-corrected chi connectivity index (χ1v) is 5.16. The van der Waals surface area contributed by atoms with Gasteiger partial charge in [0.15, 0.2) is 0 Å². The molecule has 0 aliphatic carbocycles. The molecule has 6 heteroatoms. The summed E-state index contributed by atoms with van der Waals surface area (Å²) >= 11 is 0. The van der Waals surface area contributed by atoms with Gasteiger partial charge in [-0.15, -0.1) is 0 Å². The summed E-state index contributed by atoms with van der Waals surface area (Å²) in [5.74, 6) is -0.895. The Morgan fingerprint density at radius 2 is 1.94 bits per heavy atom. The molecule has 0 aromatic carbocycles. The third kappa shape index (κ3) is 6.13. The van der Waals surface area contributed by atoms with Crippen LogP contribution in [0.2, 0.25) is 0 Å². The lowest BCUT2D eigenvalue weighted by atomic mass is 10.0. The van der Waals surface area contributed by atoms with E-state index in [9.17, 15) is 14.4 Å². The largest absolute Gasteiger partial charge is 0.370 e. The lowest BCUT2D eigenvalue weighted by Crippen LogP contribution is -2.47. The van der Waals surface area contributed by atoms with Crippen LogP contribution in [0, 0.1) is 5.92 Å². The van der Waals surface area contributed by atoms with E-state index >= 15 is 0 Å². The molecule has 2 atom stereocenters. The molecule has 0 unspecified atom stereocenters. The Kier molecular flexibility index (Phi) is 6.32. The van der Waals surface area contributed by atoms with E-state index in [0.29, 0.717) is 12.7 Å². The van der Waals surface area contributed by atoms with Crippen molar-refractivity contribution in [3.8, 4) is 0 Å². The molecule has 6 nitrogen and oxygen atoms in total. The molecule has 0 heterocycles. The smallest absolute Gasteiger partial charge is 0.238 e. The summed E-state index contributed by atoms with van der Waals surface area (Å²) in [6, 6.07) is -1.56. The minimum Gasteiger partial charge on any atom is -0.370 e. The molecule has 16 heavy (non-hydrogen) atoms. The summed E-state index contributed by atoms with van der Waals surface area (Å²) < 4.78 is 0. The molecule has 92 valence electrons. The first kappa shape index (κ1) is 14.6. The van der Waals surface area contributed by atoms with E-state index in [-0.39, 0.29) is 12.3 Å². The minimum atomic E-state index is -0.993. The lowest BCUT2D eigenvalue weighted by molar-refractivity contribution is -0.128. The zero-order chi connectivity index (χ0) is 12.7. The highest BCUT2D eigenvalue weighted by molar-refractivity contribution is 5.88. The standard InChI is InChI=1S/C10H19N3O3/c1-6(2)3-7(5-14)13-10(16)8(11)4-9(12)15/h5-8H,3-4,11H2,1-2H3,(H2,12,15)(H,13,16)/t7-,8-/m0/s1. The van der Waals surface area contributed by atoms with Crippen LogP contribution in [-0.4, -0.2) is 30.2 Å². The maximum absolute atomic E-state index is 11.4. The molecular formula is C10H19N3O3. The van der Waals surface area contributed by atoms with Gasteiger partial charge in [0, 0.05) is 0 Å². The fraction of sp³-hybridized carbons (Fsp3) is 0.700. The quantitative estimate of drug-likeness (QED) is 0.481. The maximum Gasteiger partial charge on any atom is 0.238 e. The molecular weight excluding hydrogens is 210 g/mol. The fourth-order valence-electron chi connectivity index (χ4n) is 1.26. The molecule has 2 amide bonds. The van der Waals surface area contributed by atoms with E-state index < -0.39 is 23.9 Å². The number of aldehydes is 1. The molecule has 0 rings (SSSR count). The van der Waals surface area contributed by atoms with Crippen molar-refractivity contribution in [2.75, 3.05) is 0 Å². The van der Waals surface area contributed by atoms with Crippen molar-refractivity contribution >= 4 is 18.1 Å². The SMILES string of the molecule is CC(C)C[C@@H](C=O)NC(=O)[C@@H](N)CC(N)=O. The molecule has 0 aliphatic heterocycles. The second-order valence-electron chi connectivity index (χ2n) is 4.16. The van der Waals surface area contributed by atoms with Gasteiger partial charge in [0.2, 0.25) is 11.8 Å². The van der Waals surface area contributed by atoms with E-state index in [4.69, 9.17) is 11.5 Å². The number of nitrogens with two attached hydrogens (primary N) is 2. The van der Waals surface area contributed by atoms with Gasteiger partial charge in [-0.05, 0) is 12.3 Å². The highest BCUT2D eigenvalue weighted by atomic mass is 16.2. The van der Waals surface area contributed by atoms with Crippen molar-refractivity contribution in [3.05, 3.63) is 0 Å². The van der Waals surface area contributed by atoms with Gasteiger partial charge in [-0.1, -0.05) is 13.8 Å². The van der Waals surface area contributed by atoms with E-state index in [2.05, 4.69) is 5.32 Å². The van der Waals surface area contributed by atoms with Gasteiger partial charge >= 0.3 is 0 Å². The number of hydrogen-bond donors (Lipinski definition) is 3. The van der Waals surface area contributed by atoms with Gasteiger partial charge in [0.25, 0.3) is 0 Å². The van der Waals surface area contributed by atoms with Crippen molar-refractivity contribution in [2.24, 2.45) is 17.4 Å². The Labute approximate surface area is 94.7 Å². The molecule has 0 saturated carbocycles. The van der Waals surface area contributed by atoms with E-state index in [0.717, 1.165) is 0 Å². The molecule has 0 radical (unpaired) electrons. The summed E-state index contributed by atoms with van der Waals surface area (Å²) in [5, 5.41) is 2.46. The van der Waals surface area contributed by atoms with Crippen molar-refractivity contribution in [1.82, 2.24) is 5.32 Å². The normalized spacial score (nSPS) is 14.2. The van der Waals surface area contributed by atoms with E-state index in [1.807, 2.05) is 13.8 Å². The highest BCUT2D eigenvalue weighted by Gasteiger charge is 2.19. The molecule has 0 saturated heterocycles. The number of carbonyl (C=O) groups is 3. The summed E-state index contributed by atoms with van der Waals surface area (Å²) in [5.41, 5.74) is 10.3. The van der Waals surface area contributed by atoms with Crippen LogP contribution >= 0.6 is 0 Å². The average Bonchev–Trinajstić information content (AvgIpc) is 2.14. The third-order valence-electron chi connectivity index (χ3n) is 1.98. The van der Waals surface area contributed by atoms with Gasteiger partial charge in [0.1, 0.15) is 6.29 Å². The van der Waals surface area contributed by atoms with Crippen molar-refractivity contribution < 1.29 is 14.4 Å². The Balaban J connectivity index is 4.18. The molecule has 0 aromatic heterocycles. The highest BCUT2D eigenvalue weighted by Crippen LogP contribution is 2.03. The zero-order valence-corrected chi connectivity index (χ0v) is 9.60. The number of carbonyl (C=O) groups excluding carboxylic acids is 3. The Hall–Kier alpha value is -1.43. The first-order valence-electron chi connectivity index (χ1n) is 5.16. The topological polar surface area (TPSA) is 115 Å². The van der Waals surface area contributed by atoms with Gasteiger partial charge in [0.05, 0.1) is 18.5 Å². The number of rotatable bonds is 7. The summed E-state index contributed by atoms with van der Waals surface area (Å²) in [6.45, 7) is 3.87. The van der Waals surface area contributed by atoms with Crippen LogP contribution in [0.25, 0.3) is 0 Å². The molecule has 0 bridgehead atoms. The molecule has 0 fully saturated rings. The number of amides is 2. The number of primary amides is 1. The Morgan fingerprint density at radius 3 is 2.31 bits per heavy atom. The summed E-state index contributed by atoms with van der Waals surface area (Å²) in [6.07, 6.45) is 0.979. The number of hydrogen-bond acceptors (Lipinski definition) is 4. The van der Waals surface area contributed by atoms with Crippen molar-refractivity contribution in [2.45, 2.75) is 38.8 Å². The van der Waals surface area contributed by atoms with Gasteiger partial charge in [-0.2, -0.15) is 0 Å². The monoisotopic (exact) mass is 229 g/mol. The van der Waals surface area contributed by atoms with Crippen LogP contribution in [0.1, 0.15) is 26.7 Å². The predicted octanol–water partition coefficient (Wildman–Crippen LogP) is -1.08. The summed E-state index contributed by atoms with van der Waals surface area (Å²) in [4.78, 5) is 32.6. The maximum atomic E-state index is 11.4. The Morgan fingerprint density at radius 1 is 1.38 bits per heavy atom. The molecule has 0 spiro atoms. The van der Waals surface area contributed by atoms with Crippen LogP contribution in [0.4, 0.5) is 0 Å². The average molecular weight is 229 g/mol. The van der Waals surface area contributed by atoms with E-state index in [1.54, 1.807) is 0 Å². The van der Waals surface area contributed by atoms with Crippen LogP contribution < -0.4 is 16.8 Å².